The van der Waals surface area contributed by atoms with E-state index in [1.54, 1.807) is 6.08 Å². The van der Waals surface area contributed by atoms with Gasteiger partial charge in [-0.3, -0.25) is 14.5 Å². The Hall–Kier alpha value is -2.02. The van der Waals surface area contributed by atoms with Crippen LogP contribution in [0.15, 0.2) is 23.4 Å². The minimum Gasteiger partial charge on any atom is -0.467 e. The van der Waals surface area contributed by atoms with Crippen molar-refractivity contribution in [2.24, 2.45) is 0 Å². The van der Waals surface area contributed by atoms with E-state index in [9.17, 15) is 14.4 Å². The number of nitrogens with zero attached hydrogens (tertiary/aromatic N) is 2. The van der Waals surface area contributed by atoms with Crippen LogP contribution in [0.25, 0.3) is 6.08 Å². The number of ether oxygens (including phenoxy) is 1. The number of hydrogen-bond donors (Lipinski definition) is 0. The molecule has 0 aliphatic carbocycles. The summed E-state index contributed by atoms with van der Waals surface area (Å²) in [5.74, 6) is -1.08. The number of carbonyl (C=O) groups is 3. The first-order valence-corrected chi connectivity index (χ1v) is 7.69. The molecule has 2 amide bonds. The van der Waals surface area contributed by atoms with Gasteiger partial charge >= 0.3 is 5.97 Å². The van der Waals surface area contributed by atoms with Crippen molar-refractivity contribution in [1.29, 1.82) is 0 Å². The Morgan fingerprint density at radius 3 is 2.55 bits per heavy atom. The van der Waals surface area contributed by atoms with Crippen LogP contribution in [0.2, 0.25) is 0 Å². The van der Waals surface area contributed by atoms with Gasteiger partial charge < -0.3 is 9.30 Å². The van der Waals surface area contributed by atoms with E-state index in [4.69, 9.17) is 0 Å². The van der Waals surface area contributed by atoms with E-state index >= 15 is 0 Å². The number of thioether (sulfide) groups is 1. The van der Waals surface area contributed by atoms with E-state index in [0.29, 0.717) is 10.9 Å². The average molecular weight is 322 g/mol. The summed E-state index contributed by atoms with van der Waals surface area (Å²) in [5.41, 5.74) is 0.838. The van der Waals surface area contributed by atoms with Gasteiger partial charge in [0.05, 0.1) is 12.0 Å². The lowest BCUT2D eigenvalue weighted by Gasteiger charge is -2.18. The van der Waals surface area contributed by atoms with Crippen LogP contribution < -0.4 is 0 Å². The molecule has 1 fully saturated rings. The predicted octanol–water partition coefficient (Wildman–Crippen LogP) is 2.67. The third kappa shape index (κ3) is 3.09. The van der Waals surface area contributed by atoms with Crippen molar-refractivity contribution < 1.29 is 19.1 Å². The molecule has 0 aromatic carbocycles. The van der Waals surface area contributed by atoms with Gasteiger partial charge in [-0.15, -0.1) is 0 Å². The summed E-state index contributed by atoms with van der Waals surface area (Å²) < 4.78 is 6.59. The summed E-state index contributed by atoms with van der Waals surface area (Å²) >= 11 is 0.832. The van der Waals surface area contributed by atoms with Crippen LogP contribution in [0.3, 0.4) is 0 Å². The second-order valence-electron chi connectivity index (χ2n) is 5.24. The van der Waals surface area contributed by atoms with Crippen LogP contribution in [-0.4, -0.2) is 39.7 Å². The van der Waals surface area contributed by atoms with Crippen molar-refractivity contribution in [3.8, 4) is 0 Å². The van der Waals surface area contributed by atoms with Crippen molar-refractivity contribution in [1.82, 2.24) is 9.47 Å². The van der Waals surface area contributed by atoms with Gasteiger partial charge in [0, 0.05) is 18.4 Å². The van der Waals surface area contributed by atoms with Gasteiger partial charge in [-0.1, -0.05) is 0 Å². The van der Waals surface area contributed by atoms with E-state index in [-0.39, 0.29) is 0 Å². The third-order valence-electron chi connectivity index (χ3n) is 3.38. The Kier molecular flexibility index (Phi) is 4.75. The molecule has 1 unspecified atom stereocenters. The number of amides is 2. The molecule has 0 N–H and O–H groups in total. The molecule has 118 valence electrons. The monoisotopic (exact) mass is 322 g/mol. The number of methoxy groups -OCH3 is 1. The van der Waals surface area contributed by atoms with Gasteiger partial charge in [-0.25, -0.2) is 4.79 Å². The minimum absolute atomic E-state index is 0.308. The highest BCUT2D eigenvalue weighted by Gasteiger charge is 2.41. The highest BCUT2D eigenvalue weighted by atomic mass is 32.2. The molecule has 1 saturated heterocycles. The maximum atomic E-state index is 12.3. The predicted molar refractivity (Wildman–Crippen MR) is 84.1 cm³/mol. The van der Waals surface area contributed by atoms with Gasteiger partial charge in [0.25, 0.3) is 11.1 Å². The van der Waals surface area contributed by atoms with Crippen LogP contribution in [0, 0.1) is 0 Å². The molecule has 0 bridgehead atoms. The SMILES string of the molecule is COC(=O)C(C)N1C(=O)S/C(=C\c2ccn(C(C)C)c2)C1=O. The normalized spacial score (nSPS) is 18.4. The molecule has 22 heavy (non-hydrogen) atoms. The molecule has 1 atom stereocenters. The summed E-state index contributed by atoms with van der Waals surface area (Å²) in [6.45, 7) is 5.58. The number of carbonyl (C=O) groups excluding carboxylic acids is 3. The fourth-order valence-corrected chi connectivity index (χ4v) is 2.99. The number of hydrogen-bond acceptors (Lipinski definition) is 5. The first-order valence-electron chi connectivity index (χ1n) is 6.87. The Labute approximate surface area is 133 Å². The van der Waals surface area contributed by atoms with Crippen LogP contribution in [0.4, 0.5) is 4.79 Å². The smallest absolute Gasteiger partial charge is 0.328 e. The molecular weight excluding hydrogens is 304 g/mol. The largest absolute Gasteiger partial charge is 0.467 e. The first kappa shape index (κ1) is 16.4. The topological polar surface area (TPSA) is 68.6 Å². The van der Waals surface area contributed by atoms with E-state index < -0.39 is 23.2 Å². The van der Waals surface area contributed by atoms with Crippen molar-refractivity contribution in [3.05, 3.63) is 28.9 Å². The summed E-state index contributed by atoms with van der Waals surface area (Å²) in [7, 11) is 1.22. The molecule has 0 spiro atoms. The zero-order valence-corrected chi connectivity index (χ0v) is 13.7. The van der Waals surface area contributed by atoms with Gasteiger partial charge in [0.15, 0.2) is 0 Å². The first-order chi connectivity index (χ1) is 10.3. The van der Waals surface area contributed by atoms with E-state index in [1.807, 2.05) is 23.0 Å². The molecule has 2 rings (SSSR count). The molecule has 6 nitrogen and oxygen atoms in total. The summed E-state index contributed by atoms with van der Waals surface area (Å²) in [5, 5.41) is -0.461. The lowest BCUT2D eigenvalue weighted by atomic mass is 10.2. The molecule has 1 aliphatic rings. The Morgan fingerprint density at radius 2 is 2.00 bits per heavy atom. The molecule has 2 heterocycles. The highest BCUT2D eigenvalue weighted by molar-refractivity contribution is 8.18. The zero-order valence-electron chi connectivity index (χ0n) is 12.9. The van der Waals surface area contributed by atoms with E-state index in [1.165, 1.54) is 14.0 Å². The van der Waals surface area contributed by atoms with Gasteiger partial charge in [0.1, 0.15) is 6.04 Å². The Morgan fingerprint density at radius 1 is 1.32 bits per heavy atom. The summed E-state index contributed by atoms with van der Waals surface area (Å²) in [4.78, 5) is 37.1. The molecule has 1 aliphatic heterocycles. The van der Waals surface area contributed by atoms with Crippen molar-refractivity contribution in [2.45, 2.75) is 32.9 Å². The molecule has 0 saturated carbocycles. The summed E-state index contributed by atoms with van der Waals surface area (Å²) in [6.07, 6.45) is 5.48. The number of imide groups is 1. The van der Waals surface area contributed by atoms with Crippen molar-refractivity contribution in [3.63, 3.8) is 0 Å². The van der Waals surface area contributed by atoms with Crippen molar-refractivity contribution >= 4 is 35.0 Å². The minimum atomic E-state index is -0.927. The maximum absolute atomic E-state index is 12.3. The van der Waals surface area contributed by atoms with Crippen LogP contribution in [0.5, 0.6) is 0 Å². The van der Waals surface area contributed by atoms with Gasteiger partial charge in [-0.2, -0.15) is 0 Å². The van der Waals surface area contributed by atoms with Gasteiger partial charge in [0.2, 0.25) is 0 Å². The van der Waals surface area contributed by atoms with Crippen LogP contribution in [-0.2, 0) is 14.3 Å². The standard InChI is InChI=1S/C15H18N2O4S/c1-9(2)16-6-5-11(8-16)7-12-13(18)17(15(20)22-12)10(3)14(19)21-4/h5-10H,1-4H3/b12-7-. The second kappa shape index (κ2) is 6.39. The van der Waals surface area contributed by atoms with Crippen LogP contribution >= 0.6 is 11.8 Å². The Bertz CT molecular complexity index is 648. The average Bonchev–Trinajstić information content (AvgIpc) is 3.04. The third-order valence-corrected chi connectivity index (χ3v) is 4.27. The van der Waals surface area contributed by atoms with E-state index in [2.05, 4.69) is 18.6 Å². The lowest BCUT2D eigenvalue weighted by molar-refractivity contribution is -0.148. The maximum Gasteiger partial charge on any atom is 0.328 e. The zero-order chi connectivity index (χ0) is 16.4. The molecule has 1 aromatic rings. The fraction of sp³-hybridized carbons (Fsp3) is 0.400. The van der Waals surface area contributed by atoms with Gasteiger partial charge in [-0.05, 0) is 50.2 Å². The molecule has 0 radical (unpaired) electrons. The van der Waals surface area contributed by atoms with Crippen LogP contribution in [0.1, 0.15) is 32.4 Å². The number of esters is 1. The Balaban J connectivity index is 2.23. The molecule has 1 aromatic heterocycles. The molecular formula is C15H18N2O4S. The highest BCUT2D eigenvalue weighted by Crippen LogP contribution is 2.33. The van der Waals surface area contributed by atoms with Crippen molar-refractivity contribution in [2.75, 3.05) is 7.11 Å². The lowest BCUT2D eigenvalue weighted by Crippen LogP contribution is -2.42. The molecule has 7 heteroatoms. The summed E-state index contributed by atoms with van der Waals surface area (Å²) in [6, 6.07) is 1.26. The number of rotatable bonds is 4. The number of aromatic nitrogens is 1. The quantitative estimate of drug-likeness (QED) is 0.630. The second-order valence-corrected chi connectivity index (χ2v) is 6.23. The fourth-order valence-electron chi connectivity index (χ4n) is 2.08. The van der Waals surface area contributed by atoms with E-state index in [0.717, 1.165) is 22.2 Å².